The van der Waals surface area contributed by atoms with E-state index in [-0.39, 0.29) is 11.3 Å². The summed E-state index contributed by atoms with van der Waals surface area (Å²) in [5.74, 6) is -2.16. The van der Waals surface area contributed by atoms with Crippen molar-refractivity contribution in [3.8, 4) is 0 Å². The van der Waals surface area contributed by atoms with Crippen LogP contribution in [0.25, 0.3) is 0 Å². The van der Waals surface area contributed by atoms with Gasteiger partial charge in [0.1, 0.15) is 0 Å². The number of halogens is 1. The second-order valence-corrected chi connectivity index (χ2v) is 5.08. The predicted molar refractivity (Wildman–Crippen MR) is 72.0 cm³/mol. The Labute approximate surface area is 117 Å². The quantitative estimate of drug-likeness (QED) is 0.848. The van der Waals surface area contributed by atoms with Gasteiger partial charge >= 0.3 is 5.97 Å². The zero-order valence-corrected chi connectivity index (χ0v) is 11.8. The van der Waals surface area contributed by atoms with E-state index in [2.05, 4.69) is 15.9 Å². The molecule has 0 unspecified atom stereocenters. The van der Waals surface area contributed by atoms with Crippen molar-refractivity contribution in [1.82, 2.24) is 0 Å². The normalized spacial score (nSPS) is 15.4. The summed E-state index contributed by atoms with van der Waals surface area (Å²) in [6.45, 7) is 3.10. The van der Waals surface area contributed by atoms with Crippen LogP contribution in [0.2, 0.25) is 0 Å². The summed E-state index contributed by atoms with van der Waals surface area (Å²) in [6.07, 6.45) is 0. The van der Waals surface area contributed by atoms with Crippen LogP contribution in [-0.4, -0.2) is 22.9 Å². The molecule has 2 amide bonds. The molecule has 0 spiro atoms. The largest absolute Gasteiger partial charge is 0.478 e. The molecule has 1 aromatic rings. The number of amides is 2. The highest BCUT2D eigenvalue weighted by atomic mass is 79.9. The van der Waals surface area contributed by atoms with Crippen molar-refractivity contribution in [2.24, 2.45) is 0 Å². The maximum atomic E-state index is 12.1. The number of hydrogen-bond donors (Lipinski definition) is 1. The van der Waals surface area contributed by atoms with Gasteiger partial charge in [-0.25, -0.2) is 9.69 Å². The van der Waals surface area contributed by atoms with Crippen LogP contribution in [0.1, 0.15) is 24.2 Å². The van der Waals surface area contributed by atoms with Gasteiger partial charge in [0.25, 0.3) is 11.8 Å². The number of imide groups is 1. The topological polar surface area (TPSA) is 74.7 Å². The first-order valence-corrected chi connectivity index (χ1v) is 6.23. The third-order valence-electron chi connectivity index (χ3n) is 3.04. The van der Waals surface area contributed by atoms with Gasteiger partial charge in [-0.1, -0.05) is 15.9 Å². The highest BCUT2D eigenvalue weighted by Gasteiger charge is 2.36. The van der Waals surface area contributed by atoms with Gasteiger partial charge < -0.3 is 5.11 Å². The molecule has 0 radical (unpaired) electrons. The van der Waals surface area contributed by atoms with Gasteiger partial charge in [0.15, 0.2) is 0 Å². The maximum Gasteiger partial charge on any atom is 0.337 e. The van der Waals surface area contributed by atoms with Crippen molar-refractivity contribution in [3.63, 3.8) is 0 Å². The van der Waals surface area contributed by atoms with E-state index in [9.17, 15) is 14.4 Å². The highest BCUT2D eigenvalue weighted by molar-refractivity contribution is 9.10. The van der Waals surface area contributed by atoms with Crippen molar-refractivity contribution in [2.45, 2.75) is 13.8 Å². The van der Waals surface area contributed by atoms with Crippen LogP contribution < -0.4 is 4.90 Å². The van der Waals surface area contributed by atoms with E-state index in [1.807, 2.05) is 0 Å². The van der Waals surface area contributed by atoms with E-state index in [0.29, 0.717) is 15.6 Å². The Bertz CT molecular complexity index is 624. The van der Waals surface area contributed by atoms with Gasteiger partial charge in [-0.3, -0.25) is 9.59 Å². The summed E-state index contributed by atoms with van der Waals surface area (Å²) in [6, 6.07) is 4.35. The molecule has 0 bridgehead atoms. The number of nitrogens with zero attached hydrogens (tertiary/aromatic N) is 1. The molecule has 19 heavy (non-hydrogen) atoms. The Kier molecular flexibility index (Phi) is 3.28. The van der Waals surface area contributed by atoms with Crippen molar-refractivity contribution >= 4 is 39.4 Å². The lowest BCUT2D eigenvalue weighted by Crippen LogP contribution is -2.32. The molecular formula is C13H10BrNO4. The molecule has 1 aliphatic heterocycles. The zero-order valence-electron chi connectivity index (χ0n) is 10.2. The smallest absolute Gasteiger partial charge is 0.337 e. The Morgan fingerprint density at radius 3 is 2.16 bits per heavy atom. The summed E-state index contributed by atoms with van der Waals surface area (Å²) in [5.41, 5.74) is 0.656. The SMILES string of the molecule is CC1=C(C)C(=O)N(c2cc(Br)ccc2C(=O)O)C1=O. The van der Waals surface area contributed by atoms with Crippen LogP contribution in [0.4, 0.5) is 5.69 Å². The third-order valence-corrected chi connectivity index (χ3v) is 3.53. The monoisotopic (exact) mass is 323 g/mol. The second kappa shape index (κ2) is 4.62. The van der Waals surface area contributed by atoms with Gasteiger partial charge in [-0.05, 0) is 32.0 Å². The van der Waals surface area contributed by atoms with Gasteiger partial charge in [0.05, 0.1) is 11.3 Å². The van der Waals surface area contributed by atoms with Crippen LogP contribution in [0.3, 0.4) is 0 Å². The van der Waals surface area contributed by atoms with Crippen LogP contribution in [-0.2, 0) is 9.59 Å². The van der Waals surface area contributed by atoms with E-state index < -0.39 is 17.8 Å². The summed E-state index contributed by atoms with van der Waals surface area (Å²) in [4.78, 5) is 36.2. The molecule has 2 rings (SSSR count). The lowest BCUT2D eigenvalue weighted by Gasteiger charge is -2.17. The maximum absolute atomic E-state index is 12.1. The van der Waals surface area contributed by atoms with Crippen LogP contribution in [0.15, 0.2) is 33.8 Å². The minimum atomic E-state index is -1.19. The number of aromatic carboxylic acids is 1. The standard InChI is InChI=1S/C13H10BrNO4/c1-6-7(2)12(17)15(11(6)16)10-5-8(14)3-4-9(10)13(18)19/h3-5H,1-2H3,(H,18,19). The molecule has 0 fully saturated rings. The lowest BCUT2D eigenvalue weighted by molar-refractivity contribution is -0.120. The van der Waals surface area contributed by atoms with Gasteiger partial charge in [0, 0.05) is 15.6 Å². The van der Waals surface area contributed by atoms with Crippen molar-refractivity contribution in [1.29, 1.82) is 0 Å². The number of carboxylic acid groups (broad SMARTS) is 1. The number of carbonyl (C=O) groups is 3. The molecule has 1 aliphatic rings. The van der Waals surface area contributed by atoms with Gasteiger partial charge in [-0.2, -0.15) is 0 Å². The molecule has 0 aliphatic carbocycles. The number of carbonyl (C=O) groups excluding carboxylic acids is 2. The number of hydrogen-bond acceptors (Lipinski definition) is 3. The molecular weight excluding hydrogens is 314 g/mol. The molecule has 1 N–H and O–H groups in total. The number of rotatable bonds is 2. The Morgan fingerprint density at radius 1 is 1.16 bits per heavy atom. The molecule has 98 valence electrons. The van der Waals surface area contributed by atoms with Gasteiger partial charge in [0.2, 0.25) is 0 Å². The predicted octanol–water partition coefficient (Wildman–Crippen LogP) is 2.36. The fraction of sp³-hybridized carbons (Fsp3) is 0.154. The van der Waals surface area contributed by atoms with Crippen molar-refractivity contribution in [2.75, 3.05) is 4.90 Å². The summed E-state index contributed by atoms with van der Waals surface area (Å²) in [7, 11) is 0. The average Bonchev–Trinajstić information content (AvgIpc) is 2.53. The molecule has 0 saturated heterocycles. The lowest BCUT2D eigenvalue weighted by atomic mass is 10.1. The molecule has 1 aromatic carbocycles. The van der Waals surface area contributed by atoms with Crippen LogP contribution in [0, 0.1) is 0 Å². The Balaban J connectivity index is 2.61. The molecule has 0 saturated carbocycles. The second-order valence-electron chi connectivity index (χ2n) is 4.16. The summed E-state index contributed by atoms with van der Waals surface area (Å²) >= 11 is 3.21. The molecule has 5 nitrogen and oxygen atoms in total. The molecule has 0 atom stereocenters. The molecule has 1 heterocycles. The molecule has 6 heteroatoms. The van der Waals surface area contributed by atoms with E-state index in [0.717, 1.165) is 4.90 Å². The van der Waals surface area contributed by atoms with Crippen molar-refractivity contribution in [3.05, 3.63) is 39.4 Å². The summed E-state index contributed by atoms with van der Waals surface area (Å²) < 4.78 is 0.593. The Hall–Kier alpha value is -1.95. The third kappa shape index (κ3) is 2.08. The summed E-state index contributed by atoms with van der Waals surface area (Å²) in [5, 5.41) is 9.14. The first-order chi connectivity index (χ1) is 8.84. The van der Waals surface area contributed by atoms with Crippen molar-refractivity contribution < 1.29 is 19.5 Å². The fourth-order valence-electron chi connectivity index (χ4n) is 1.84. The number of carboxylic acids is 1. The first kappa shape index (κ1) is 13.5. The minimum Gasteiger partial charge on any atom is -0.478 e. The van der Waals surface area contributed by atoms with Gasteiger partial charge in [-0.15, -0.1) is 0 Å². The van der Waals surface area contributed by atoms with E-state index in [1.165, 1.54) is 12.1 Å². The highest BCUT2D eigenvalue weighted by Crippen LogP contribution is 2.31. The van der Waals surface area contributed by atoms with E-state index >= 15 is 0 Å². The Morgan fingerprint density at radius 2 is 1.68 bits per heavy atom. The average molecular weight is 324 g/mol. The number of anilines is 1. The number of benzene rings is 1. The minimum absolute atomic E-state index is 0.0769. The van der Waals surface area contributed by atoms with E-state index in [4.69, 9.17) is 5.11 Å². The zero-order chi connectivity index (χ0) is 14.3. The van der Waals surface area contributed by atoms with E-state index in [1.54, 1.807) is 19.9 Å². The van der Waals surface area contributed by atoms with Crippen LogP contribution >= 0.6 is 15.9 Å². The van der Waals surface area contributed by atoms with Crippen LogP contribution in [0.5, 0.6) is 0 Å². The molecule has 0 aromatic heterocycles. The fourth-order valence-corrected chi connectivity index (χ4v) is 2.19. The first-order valence-electron chi connectivity index (χ1n) is 5.43.